The number of unbranched alkanes of at least 4 members (excludes halogenated alkanes) is 4. The molecular formula is C11H15NO2. The first-order chi connectivity index (χ1) is 6.72. The first kappa shape index (κ1) is 12.8. The normalized spacial score (nSPS) is 9.43. The van der Waals surface area contributed by atoms with Crippen molar-refractivity contribution in [1.29, 1.82) is 5.41 Å². The van der Waals surface area contributed by atoms with Crippen LogP contribution in [0.4, 0.5) is 0 Å². The molecule has 0 aliphatic carbocycles. The van der Waals surface area contributed by atoms with Crippen LogP contribution in [0.25, 0.3) is 0 Å². The van der Waals surface area contributed by atoms with E-state index in [9.17, 15) is 9.59 Å². The largest absolute Gasteiger partial charge is 0.305 e. The summed E-state index contributed by atoms with van der Waals surface area (Å²) in [6.07, 6.45) is 8.16. The number of rotatable bonds is 9. The molecule has 0 rings (SSSR count). The lowest BCUT2D eigenvalue weighted by molar-refractivity contribution is 0.544. The van der Waals surface area contributed by atoms with Gasteiger partial charge in [-0.05, 0) is 19.3 Å². The number of allylic oxidation sites excluding steroid dienone is 1. The smallest absolute Gasteiger partial charge is 0.234 e. The molecule has 0 aliphatic rings. The molecule has 0 unspecified atom stereocenters. The average molecular weight is 193 g/mol. The topological polar surface area (TPSA) is 58.0 Å². The van der Waals surface area contributed by atoms with Crippen molar-refractivity contribution in [2.45, 2.75) is 38.5 Å². The second kappa shape index (κ2) is 8.35. The highest BCUT2D eigenvalue weighted by atomic mass is 16.1. The Bertz CT molecular complexity index is 221. The Morgan fingerprint density at radius 1 is 1.14 bits per heavy atom. The van der Waals surface area contributed by atoms with Crippen molar-refractivity contribution in [3.8, 4) is 0 Å². The van der Waals surface area contributed by atoms with Crippen LogP contribution < -0.4 is 0 Å². The van der Waals surface area contributed by atoms with Gasteiger partial charge in [-0.25, -0.2) is 0 Å². The van der Waals surface area contributed by atoms with Crippen LogP contribution in [-0.2, 0) is 9.59 Å². The zero-order valence-electron chi connectivity index (χ0n) is 8.27. The van der Waals surface area contributed by atoms with Gasteiger partial charge in [0, 0.05) is 17.7 Å². The van der Waals surface area contributed by atoms with E-state index in [0.717, 1.165) is 25.7 Å². The lowest BCUT2D eigenvalue weighted by atomic mass is 10.1. The van der Waals surface area contributed by atoms with Gasteiger partial charge in [0.15, 0.2) is 6.29 Å². The predicted octanol–water partition coefficient (Wildman–Crippen LogP) is 2.12. The van der Waals surface area contributed by atoms with Crippen LogP contribution in [0, 0.1) is 5.41 Å². The first-order valence-corrected chi connectivity index (χ1v) is 4.72. The van der Waals surface area contributed by atoms with E-state index in [4.69, 9.17) is 5.41 Å². The molecule has 0 aromatic heterocycles. The minimum Gasteiger partial charge on any atom is -0.305 e. The highest BCUT2D eigenvalue weighted by Gasteiger charge is 2.01. The van der Waals surface area contributed by atoms with Gasteiger partial charge in [-0.2, -0.15) is 0 Å². The molecule has 0 aromatic rings. The van der Waals surface area contributed by atoms with E-state index in [1.165, 1.54) is 0 Å². The van der Waals surface area contributed by atoms with E-state index in [-0.39, 0.29) is 11.3 Å². The maximum absolute atomic E-state index is 10.1. The Kier molecular flexibility index (Phi) is 7.61. The molecule has 0 saturated heterocycles. The minimum absolute atomic E-state index is 0.145. The minimum atomic E-state index is 0.145. The summed E-state index contributed by atoms with van der Waals surface area (Å²) >= 11 is 0. The highest BCUT2D eigenvalue weighted by Crippen LogP contribution is 2.06. The fourth-order valence-electron chi connectivity index (χ4n) is 1.06. The van der Waals surface area contributed by atoms with E-state index in [1.807, 2.05) is 6.29 Å². The van der Waals surface area contributed by atoms with Gasteiger partial charge in [0.25, 0.3) is 0 Å². The summed E-state index contributed by atoms with van der Waals surface area (Å²) in [6, 6.07) is 0. The van der Waals surface area contributed by atoms with Gasteiger partial charge in [0.05, 0.1) is 0 Å². The van der Waals surface area contributed by atoms with Crippen LogP contribution in [0.15, 0.2) is 12.2 Å². The molecule has 0 fully saturated rings. The summed E-state index contributed by atoms with van der Waals surface area (Å²) in [5, 5.41) is 7.39. The highest BCUT2D eigenvalue weighted by molar-refractivity contribution is 6.12. The maximum Gasteiger partial charge on any atom is 0.234 e. The second-order valence-electron chi connectivity index (χ2n) is 3.12. The van der Waals surface area contributed by atoms with E-state index in [1.54, 1.807) is 6.29 Å². The summed E-state index contributed by atoms with van der Waals surface area (Å²) in [5.41, 5.74) is 0.410. The zero-order chi connectivity index (χ0) is 10.8. The van der Waals surface area contributed by atoms with Crippen molar-refractivity contribution >= 4 is 18.3 Å². The van der Waals surface area contributed by atoms with E-state index in [0.29, 0.717) is 12.8 Å². The van der Waals surface area contributed by atoms with Gasteiger partial charge in [0.1, 0.15) is 0 Å². The van der Waals surface area contributed by atoms with Crippen molar-refractivity contribution in [1.82, 2.24) is 0 Å². The Labute approximate surface area is 84.7 Å². The summed E-state index contributed by atoms with van der Waals surface area (Å²) < 4.78 is 0. The number of hydrogen-bond acceptors (Lipinski definition) is 3. The average Bonchev–Trinajstić information content (AvgIpc) is 2.21. The first-order valence-electron chi connectivity index (χ1n) is 4.72. The van der Waals surface area contributed by atoms with Crippen LogP contribution >= 0.6 is 0 Å². The number of nitrogens with one attached hydrogen (secondary N) is 1. The molecule has 1 N–H and O–H groups in total. The summed E-state index contributed by atoms with van der Waals surface area (Å²) in [4.78, 5) is 20.0. The third kappa shape index (κ3) is 6.29. The fourth-order valence-corrected chi connectivity index (χ4v) is 1.06. The summed E-state index contributed by atoms with van der Waals surface area (Å²) in [6.45, 7) is 3.40. The van der Waals surface area contributed by atoms with Crippen LogP contribution in [0.2, 0.25) is 0 Å². The molecule has 3 heteroatoms. The molecule has 2 radical (unpaired) electrons. The van der Waals surface area contributed by atoms with Crippen LogP contribution in [0.3, 0.4) is 0 Å². The van der Waals surface area contributed by atoms with Gasteiger partial charge < -0.3 is 5.41 Å². The Morgan fingerprint density at radius 2 is 1.79 bits per heavy atom. The molecule has 0 amide bonds. The maximum atomic E-state index is 10.1. The van der Waals surface area contributed by atoms with Gasteiger partial charge in [0.2, 0.25) is 6.29 Å². The lowest BCUT2D eigenvalue weighted by Crippen LogP contribution is -2.00. The van der Waals surface area contributed by atoms with E-state index in [2.05, 4.69) is 6.58 Å². The molecular weight excluding hydrogens is 178 g/mol. The van der Waals surface area contributed by atoms with Crippen LogP contribution in [0.1, 0.15) is 38.5 Å². The fraction of sp³-hybridized carbons (Fsp3) is 0.545. The molecule has 0 spiro atoms. The zero-order valence-corrected chi connectivity index (χ0v) is 8.27. The number of hydrogen-bond donors (Lipinski definition) is 1. The van der Waals surface area contributed by atoms with Crippen molar-refractivity contribution in [2.75, 3.05) is 0 Å². The molecule has 0 heterocycles. The van der Waals surface area contributed by atoms with Crippen molar-refractivity contribution in [3.05, 3.63) is 12.2 Å². The van der Waals surface area contributed by atoms with Gasteiger partial charge in [-0.1, -0.05) is 19.4 Å². The second-order valence-corrected chi connectivity index (χ2v) is 3.12. The van der Waals surface area contributed by atoms with Gasteiger partial charge in [-0.3, -0.25) is 9.59 Å². The molecule has 0 atom stereocenters. The van der Waals surface area contributed by atoms with Crippen molar-refractivity contribution < 1.29 is 9.59 Å². The summed E-state index contributed by atoms with van der Waals surface area (Å²) in [7, 11) is 0. The van der Waals surface area contributed by atoms with Crippen LogP contribution in [0.5, 0.6) is 0 Å². The van der Waals surface area contributed by atoms with Crippen molar-refractivity contribution in [2.24, 2.45) is 0 Å². The Hall–Kier alpha value is -1.25. The third-order valence-electron chi connectivity index (χ3n) is 1.94. The summed E-state index contributed by atoms with van der Waals surface area (Å²) in [5.74, 6) is 0. The lowest BCUT2D eigenvalue weighted by Gasteiger charge is -2.00. The van der Waals surface area contributed by atoms with Gasteiger partial charge in [-0.15, -0.1) is 0 Å². The Morgan fingerprint density at radius 3 is 2.36 bits per heavy atom. The standard InChI is InChI=1S/C11H15NO2/c1-10(9-14)11(12)7-5-3-2-4-6-8-13/h12H,1-7H2. The molecule has 0 saturated carbocycles. The third-order valence-corrected chi connectivity index (χ3v) is 1.94. The molecule has 0 aromatic carbocycles. The monoisotopic (exact) mass is 193 g/mol. The van der Waals surface area contributed by atoms with Crippen molar-refractivity contribution in [3.63, 3.8) is 0 Å². The van der Waals surface area contributed by atoms with Crippen LogP contribution in [-0.4, -0.2) is 18.3 Å². The molecule has 3 nitrogen and oxygen atoms in total. The molecule has 0 bridgehead atoms. The van der Waals surface area contributed by atoms with Gasteiger partial charge >= 0.3 is 0 Å². The number of carbonyl (C=O) groups excluding carboxylic acids is 2. The van der Waals surface area contributed by atoms with E-state index < -0.39 is 0 Å². The SMILES string of the molecule is C=C([C]=O)C(=N)CCCCCC[C]=O. The Balaban J connectivity index is 3.36. The molecule has 14 heavy (non-hydrogen) atoms. The predicted molar refractivity (Wildman–Crippen MR) is 56.0 cm³/mol. The molecule has 0 aliphatic heterocycles. The molecule has 76 valence electrons. The van der Waals surface area contributed by atoms with E-state index >= 15 is 0 Å². The quantitative estimate of drug-likeness (QED) is 0.346.